The lowest BCUT2D eigenvalue weighted by Gasteiger charge is -2.22. The molecular formula is C29H25Br2ClN4O5. The van der Waals surface area contributed by atoms with Crippen molar-refractivity contribution in [1.29, 1.82) is 0 Å². The highest BCUT2D eigenvalue weighted by molar-refractivity contribution is 9.10. The number of hydrogen-bond donors (Lipinski definition) is 0. The first-order chi connectivity index (χ1) is 19.8. The molecule has 0 radical (unpaired) electrons. The Bertz CT molecular complexity index is 1700. The molecule has 5 rings (SSSR count). The van der Waals surface area contributed by atoms with Crippen molar-refractivity contribution in [1.82, 2.24) is 9.66 Å². The van der Waals surface area contributed by atoms with Crippen LogP contribution in [0.15, 0.2) is 67.4 Å². The second kappa shape index (κ2) is 12.7. The van der Waals surface area contributed by atoms with Crippen LogP contribution in [0.5, 0.6) is 11.5 Å². The zero-order chi connectivity index (χ0) is 29.1. The standard InChI is InChI=1S/C29H25Br2ClN4O5/c1-40-24-13-19(25(31)26(32)27(24)41-16-17-7-10-21(11-8-17)36(38)39)15-33-35-28(18-5-3-2-4-6-18)34-23-12-9-20(30)14-22(23)29(35)37/h7-15,18H,2-6,16H2,1H3. The highest BCUT2D eigenvalue weighted by Crippen LogP contribution is 2.42. The number of nitrogens with zero attached hydrogens (tertiary/aromatic N) is 4. The summed E-state index contributed by atoms with van der Waals surface area (Å²) in [5.41, 5.74) is 1.69. The van der Waals surface area contributed by atoms with Gasteiger partial charge in [0.05, 0.1) is 29.2 Å². The van der Waals surface area contributed by atoms with E-state index in [4.69, 9.17) is 26.1 Å². The van der Waals surface area contributed by atoms with Gasteiger partial charge in [0.25, 0.3) is 11.2 Å². The van der Waals surface area contributed by atoms with E-state index in [1.54, 1.807) is 30.5 Å². The van der Waals surface area contributed by atoms with E-state index in [0.29, 0.717) is 38.3 Å². The lowest BCUT2D eigenvalue weighted by molar-refractivity contribution is -0.384. The average molecular weight is 705 g/mol. The first-order valence-corrected chi connectivity index (χ1v) is 14.9. The fourth-order valence-electron chi connectivity index (χ4n) is 4.88. The van der Waals surface area contributed by atoms with Gasteiger partial charge in [-0.25, -0.2) is 4.98 Å². The third-order valence-corrected chi connectivity index (χ3v) is 8.96. The monoisotopic (exact) mass is 702 g/mol. The van der Waals surface area contributed by atoms with Gasteiger partial charge in [-0.15, -0.1) is 0 Å². The van der Waals surface area contributed by atoms with Gasteiger partial charge in [0.2, 0.25) is 0 Å². The van der Waals surface area contributed by atoms with E-state index in [9.17, 15) is 14.9 Å². The molecule has 0 unspecified atom stereocenters. The second-order valence-electron chi connectivity index (χ2n) is 9.67. The van der Waals surface area contributed by atoms with Gasteiger partial charge >= 0.3 is 0 Å². The summed E-state index contributed by atoms with van der Waals surface area (Å²) in [6.45, 7) is 0.117. The van der Waals surface area contributed by atoms with Gasteiger partial charge in [0, 0.05) is 32.6 Å². The van der Waals surface area contributed by atoms with E-state index in [1.807, 2.05) is 12.1 Å². The van der Waals surface area contributed by atoms with Crippen LogP contribution in [0.3, 0.4) is 0 Å². The van der Waals surface area contributed by atoms with Crippen molar-refractivity contribution in [3.63, 3.8) is 0 Å². The Labute approximate surface area is 257 Å². The van der Waals surface area contributed by atoms with Crippen LogP contribution in [0.4, 0.5) is 5.69 Å². The predicted molar refractivity (Wildman–Crippen MR) is 166 cm³/mol. The Morgan fingerprint density at radius 3 is 2.56 bits per heavy atom. The molecule has 1 heterocycles. The number of fused-ring (bicyclic) bond motifs is 1. The molecule has 1 aliphatic rings. The van der Waals surface area contributed by atoms with Crippen LogP contribution in [-0.4, -0.2) is 27.9 Å². The average Bonchev–Trinajstić information content (AvgIpc) is 2.98. The quantitative estimate of drug-likeness (QED) is 0.105. The van der Waals surface area contributed by atoms with Crippen molar-refractivity contribution in [3.05, 3.63) is 99.9 Å². The second-order valence-corrected chi connectivity index (χ2v) is 11.8. The molecule has 0 amide bonds. The molecule has 1 saturated carbocycles. The van der Waals surface area contributed by atoms with E-state index in [2.05, 4.69) is 37.0 Å². The summed E-state index contributed by atoms with van der Waals surface area (Å²) >= 11 is 13.7. The maximum atomic E-state index is 13.6. The molecule has 0 saturated heterocycles. The third kappa shape index (κ3) is 6.32. The number of ether oxygens (including phenoxy) is 2. The van der Waals surface area contributed by atoms with Crippen molar-refractivity contribution < 1.29 is 14.4 Å². The molecule has 1 fully saturated rings. The van der Waals surface area contributed by atoms with E-state index in [0.717, 1.165) is 35.7 Å². The molecule has 9 nitrogen and oxygen atoms in total. The van der Waals surface area contributed by atoms with Crippen LogP contribution in [0.1, 0.15) is 55.0 Å². The minimum absolute atomic E-state index is 0.00394. The van der Waals surface area contributed by atoms with Crippen molar-refractivity contribution in [2.24, 2.45) is 5.10 Å². The Morgan fingerprint density at radius 1 is 1.15 bits per heavy atom. The van der Waals surface area contributed by atoms with Crippen molar-refractivity contribution in [2.45, 2.75) is 44.6 Å². The number of aromatic nitrogens is 2. The van der Waals surface area contributed by atoms with Crippen LogP contribution in [0, 0.1) is 10.1 Å². The fraction of sp³-hybridized carbons (Fsp3) is 0.276. The Hall–Kier alpha value is -3.28. The number of nitro groups is 1. The maximum Gasteiger partial charge on any atom is 0.282 e. The van der Waals surface area contributed by atoms with Gasteiger partial charge in [-0.3, -0.25) is 14.9 Å². The van der Waals surface area contributed by atoms with Crippen LogP contribution in [0.25, 0.3) is 10.9 Å². The van der Waals surface area contributed by atoms with Gasteiger partial charge in [0.1, 0.15) is 17.5 Å². The number of halogens is 3. The third-order valence-electron chi connectivity index (χ3n) is 7.02. The molecule has 212 valence electrons. The zero-order valence-corrected chi connectivity index (χ0v) is 25.9. The van der Waals surface area contributed by atoms with E-state index < -0.39 is 4.92 Å². The Morgan fingerprint density at radius 2 is 1.88 bits per heavy atom. The summed E-state index contributed by atoms with van der Waals surface area (Å²) < 4.78 is 14.2. The molecule has 4 aromatic rings. The smallest absolute Gasteiger partial charge is 0.282 e. The Balaban J connectivity index is 1.50. The highest BCUT2D eigenvalue weighted by atomic mass is 79.9. The molecular weight excluding hydrogens is 680 g/mol. The van der Waals surface area contributed by atoms with Crippen LogP contribution in [0.2, 0.25) is 5.02 Å². The topological polar surface area (TPSA) is 109 Å². The predicted octanol–water partition coefficient (Wildman–Crippen LogP) is 8.00. The molecule has 0 atom stereocenters. The normalized spacial score (nSPS) is 14.0. The number of hydrogen-bond acceptors (Lipinski definition) is 7. The van der Waals surface area contributed by atoms with Crippen molar-refractivity contribution in [3.8, 4) is 11.5 Å². The summed E-state index contributed by atoms with van der Waals surface area (Å²) in [6, 6.07) is 13.3. The molecule has 12 heteroatoms. The molecule has 0 N–H and O–H groups in total. The van der Waals surface area contributed by atoms with Gasteiger partial charge < -0.3 is 9.47 Å². The summed E-state index contributed by atoms with van der Waals surface area (Å²) in [7, 11) is 1.50. The SMILES string of the molecule is COc1cc(C=Nn2c(C3CCCCC3)nc3ccc(Br)cc3c2=O)c(Br)c(Cl)c1OCc1ccc([N+](=O)[O-])cc1. The first-order valence-electron chi connectivity index (χ1n) is 13.0. The van der Waals surface area contributed by atoms with Crippen LogP contribution >= 0.6 is 43.5 Å². The maximum absolute atomic E-state index is 13.6. The number of rotatable bonds is 8. The number of benzene rings is 3. The minimum atomic E-state index is -0.457. The number of methoxy groups -OCH3 is 1. The molecule has 3 aromatic carbocycles. The number of nitro benzene ring substituents is 1. The zero-order valence-electron chi connectivity index (χ0n) is 22.0. The fourth-order valence-corrected chi connectivity index (χ4v) is 5.89. The summed E-state index contributed by atoms with van der Waals surface area (Å²) in [6.07, 6.45) is 6.80. The van der Waals surface area contributed by atoms with E-state index in [-0.39, 0.29) is 28.8 Å². The largest absolute Gasteiger partial charge is 0.493 e. The van der Waals surface area contributed by atoms with Crippen molar-refractivity contribution >= 4 is 66.3 Å². The van der Waals surface area contributed by atoms with Gasteiger partial charge in [-0.2, -0.15) is 9.78 Å². The van der Waals surface area contributed by atoms with Gasteiger partial charge in [-0.05, 0) is 70.7 Å². The number of non-ortho nitro benzene ring substituents is 1. The first kappa shape index (κ1) is 29.2. The van der Waals surface area contributed by atoms with E-state index >= 15 is 0 Å². The molecule has 1 aromatic heterocycles. The molecule has 1 aliphatic carbocycles. The van der Waals surface area contributed by atoms with Gasteiger partial charge in [0.15, 0.2) is 11.5 Å². The minimum Gasteiger partial charge on any atom is -0.493 e. The Kier molecular flexibility index (Phi) is 9.06. The summed E-state index contributed by atoms with van der Waals surface area (Å²) in [5.74, 6) is 1.45. The van der Waals surface area contributed by atoms with Gasteiger partial charge in [-0.1, -0.05) is 46.8 Å². The molecule has 0 bridgehead atoms. The summed E-state index contributed by atoms with van der Waals surface area (Å²) in [4.78, 5) is 29.0. The van der Waals surface area contributed by atoms with Crippen molar-refractivity contribution in [2.75, 3.05) is 7.11 Å². The van der Waals surface area contributed by atoms with E-state index in [1.165, 1.54) is 30.3 Å². The summed E-state index contributed by atoms with van der Waals surface area (Å²) in [5, 5.41) is 16.3. The molecule has 0 aliphatic heterocycles. The lowest BCUT2D eigenvalue weighted by Crippen LogP contribution is -2.25. The van der Waals surface area contributed by atoms with Crippen LogP contribution in [-0.2, 0) is 6.61 Å². The highest BCUT2D eigenvalue weighted by Gasteiger charge is 2.23. The van der Waals surface area contributed by atoms with Crippen LogP contribution < -0.4 is 15.0 Å². The molecule has 41 heavy (non-hydrogen) atoms. The molecule has 0 spiro atoms. The lowest BCUT2D eigenvalue weighted by atomic mass is 9.88.